The van der Waals surface area contributed by atoms with Gasteiger partial charge in [-0.15, -0.1) is 0 Å². The second kappa shape index (κ2) is 7.08. The van der Waals surface area contributed by atoms with Gasteiger partial charge in [0.25, 0.3) is 0 Å². The number of nitrogens with zero attached hydrogens (tertiary/aromatic N) is 1. The Morgan fingerprint density at radius 2 is 2.25 bits per heavy atom. The summed E-state index contributed by atoms with van der Waals surface area (Å²) < 4.78 is 17.5. The van der Waals surface area contributed by atoms with Crippen LogP contribution in [-0.4, -0.2) is 54.4 Å². The first kappa shape index (κ1) is 19.3. The fraction of sp³-hybridized carbons (Fsp3) is 0.500. The van der Waals surface area contributed by atoms with E-state index in [4.69, 9.17) is 14.2 Å². The molecule has 0 bridgehead atoms. The molecule has 3 atom stereocenters. The molecule has 0 fully saturated rings. The lowest BCUT2D eigenvalue weighted by molar-refractivity contribution is -0.160. The Morgan fingerprint density at radius 1 is 1.46 bits per heavy atom. The molecule has 28 heavy (non-hydrogen) atoms. The van der Waals surface area contributed by atoms with E-state index in [9.17, 15) is 14.7 Å². The molecule has 150 valence electrons. The third-order valence-corrected chi connectivity index (χ3v) is 6.48. The number of hydrogen-bond donors (Lipinski definition) is 1. The predicted octanol–water partition coefficient (Wildman–Crippen LogP) is 2.07. The summed E-state index contributed by atoms with van der Waals surface area (Å²) in [6.45, 7) is 2.46. The van der Waals surface area contributed by atoms with Gasteiger partial charge in [-0.1, -0.05) is 28.1 Å². The van der Waals surface area contributed by atoms with Gasteiger partial charge in [-0.25, -0.2) is 4.79 Å². The van der Waals surface area contributed by atoms with Crippen LogP contribution in [0.25, 0.3) is 0 Å². The molecule has 0 saturated carbocycles. The Morgan fingerprint density at radius 3 is 2.96 bits per heavy atom. The highest BCUT2D eigenvalue weighted by atomic mass is 79.9. The average molecular weight is 452 g/mol. The van der Waals surface area contributed by atoms with E-state index in [1.165, 1.54) is 4.90 Å². The molecule has 1 spiro atoms. The molecule has 4 rings (SSSR count). The maximum atomic E-state index is 12.6. The molecule has 0 saturated heterocycles. The van der Waals surface area contributed by atoms with E-state index < -0.39 is 23.4 Å². The van der Waals surface area contributed by atoms with Crippen LogP contribution in [0.15, 0.2) is 22.7 Å². The van der Waals surface area contributed by atoms with Gasteiger partial charge in [-0.3, -0.25) is 4.79 Å². The van der Waals surface area contributed by atoms with Gasteiger partial charge in [0, 0.05) is 29.5 Å². The third-order valence-electron chi connectivity index (χ3n) is 5.77. The fourth-order valence-corrected chi connectivity index (χ4v) is 4.99. The molecule has 1 aromatic carbocycles. The molecule has 0 aromatic heterocycles. The minimum absolute atomic E-state index is 0.153. The number of halogens is 1. The number of aliphatic hydroxyl groups is 1. The van der Waals surface area contributed by atoms with Crippen molar-refractivity contribution < 1.29 is 28.9 Å². The zero-order valence-electron chi connectivity index (χ0n) is 15.7. The molecular formula is C20H22BrNO6. The van der Waals surface area contributed by atoms with Gasteiger partial charge in [0.05, 0.1) is 25.2 Å². The van der Waals surface area contributed by atoms with Gasteiger partial charge in [0.1, 0.15) is 6.10 Å². The Labute approximate surface area is 171 Å². The lowest BCUT2D eigenvalue weighted by Gasteiger charge is -2.35. The van der Waals surface area contributed by atoms with Crippen LogP contribution in [0.5, 0.6) is 11.5 Å². The van der Waals surface area contributed by atoms with Gasteiger partial charge in [-0.05, 0) is 25.0 Å². The molecule has 1 aliphatic carbocycles. The molecule has 7 nitrogen and oxygen atoms in total. The van der Waals surface area contributed by atoms with Crippen molar-refractivity contribution in [2.45, 2.75) is 43.9 Å². The molecule has 1 amide bonds. The lowest BCUT2D eigenvalue weighted by Crippen LogP contribution is -2.44. The van der Waals surface area contributed by atoms with Crippen LogP contribution < -0.4 is 9.47 Å². The largest absolute Gasteiger partial charge is 0.493 e. The molecule has 1 N–H and O–H groups in total. The van der Waals surface area contributed by atoms with Crippen molar-refractivity contribution in [1.29, 1.82) is 0 Å². The van der Waals surface area contributed by atoms with Gasteiger partial charge < -0.3 is 24.2 Å². The Balaban J connectivity index is 1.83. The number of amides is 1. The van der Waals surface area contributed by atoms with E-state index >= 15 is 0 Å². The average Bonchev–Trinajstić information content (AvgIpc) is 2.89. The summed E-state index contributed by atoms with van der Waals surface area (Å²) in [7, 11) is 1.58. The number of rotatable bonds is 2. The summed E-state index contributed by atoms with van der Waals surface area (Å²) in [5.41, 5.74) is 1.37. The molecule has 2 aliphatic heterocycles. The molecule has 1 aromatic rings. The van der Waals surface area contributed by atoms with E-state index in [0.29, 0.717) is 30.9 Å². The second-order valence-corrected chi connectivity index (χ2v) is 8.10. The first-order chi connectivity index (χ1) is 13.4. The SMILES string of the molecule is CCOC(=O)C(=O)N1CCC23C=C[C@H](O)CC2Oc2c(OC)cc(Br)c(c23)C1. The van der Waals surface area contributed by atoms with E-state index in [0.717, 1.165) is 15.6 Å². The van der Waals surface area contributed by atoms with Crippen molar-refractivity contribution in [1.82, 2.24) is 4.90 Å². The van der Waals surface area contributed by atoms with E-state index in [2.05, 4.69) is 15.9 Å². The third kappa shape index (κ3) is 2.81. The number of methoxy groups -OCH3 is 1. The number of carbonyl (C=O) groups is 2. The van der Waals surface area contributed by atoms with Gasteiger partial charge in [0.2, 0.25) is 0 Å². The monoisotopic (exact) mass is 451 g/mol. The zero-order valence-corrected chi connectivity index (χ0v) is 17.3. The molecule has 2 unspecified atom stereocenters. The molecule has 3 aliphatic rings. The number of benzene rings is 1. The summed E-state index contributed by atoms with van der Waals surface area (Å²) >= 11 is 3.60. The van der Waals surface area contributed by atoms with Crippen molar-refractivity contribution in [3.63, 3.8) is 0 Å². The van der Waals surface area contributed by atoms with Crippen molar-refractivity contribution in [3.05, 3.63) is 33.8 Å². The minimum atomic E-state index is -0.843. The number of esters is 1. The minimum Gasteiger partial charge on any atom is -0.493 e. The first-order valence-corrected chi connectivity index (χ1v) is 10.1. The smallest absolute Gasteiger partial charge is 0.397 e. The lowest BCUT2D eigenvalue weighted by atomic mass is 9.69. The van der Waals surface area contributed by atoms with Crippen LogP contribution in [0.2, 0.25) is 0 Å². The Kier molecular flexibility index (Phi) is 4.87. The van der Waals surface area contributed by atoms with E-state index in [-0.39, 0.29) is 19.3 Å². The Bertz CT molecular complexity index is 869. The summed E-state index contributed by atoms with van der Waals surface area (Å²) in [5.74, 6) is -0.237. The number of hydrogen-bond acceptors (Lipinski definition) is 6. The summed E-state index contributed by atoms with van der Waals surface area (Å²) in [6.07, 6.45) is 3.97. The summed E-state index contributed by atoms with van der Waals surface area (Å²) in [4.78, 5) is 26.2. The Hall–Kier alpha value is -2.06. The predicted molar refractivity (Wildman–Crippen MR) is 103 cm³/mol. The highest BCUT2D eigenvalue weighted by Crippen LogP contribution is 2.57. The topological polar surface area (TPSA) is 85.3 Å². The quantitative estimate of drug-likeness (QED) is 0.420. The highest BCUT2D eigenvalue weighted by molar-refractivity contribution is 9.10. The van der Waals surface area contributed by atoms with Crippen molar-refractivity contribution in [2.24, 2.45) is 0 Å². The molecule has 2 heterocycles. The maximum absolute atomic E-state index is 12.6. The standard InChI is InChI=1S/C20H22BrNO6/c1-3-27-19(25)18(24)22-7-6-20-5-4-11(23)8-15(20)28-17-14(26-2)9-13(21)12(10-22)16(17)20/h4-5,9,11,15,23H,3,6-8,10H2,1-2H3/t11-,15?,20?/m0/s1. The van der Waals surface area contributed by atoms with Gasteiger partial charge >= 0.3 is 11.9 Å². The number of aliphatic hydroxyl groups excluding tert-OH is 1. The number of carbonyl (C=O) groups excluding carboxylic acids is 2. The van der Waals surface area contributed by atoms with Crippen LogP contribution in [0.1, 0.15) is 30.9 Å². The van der Waals surface area contributed by atoms with Crippen LogP contribution in [0.3, 0.4) is 0 Å². The highest BCUT2D eigenvalue weighted by Gasteiger charge is 2.53. The molecule has 8 heteroatoms. The van der Waals surface area contributed by atoms with Crippen LogP contribution in [0, 0.1) is 0 Å². The first-order valence-electron chi connectivity index (χ1n) is 9.31. The number of ether oxygens (including phenoxy) is 3. The van der Waals surface area contributed by atoms with E-state index in [1.54, 1.807) is 20.1 Å². The van der Waals surface area contributed by atoms with Crippen molar-refractivity contribution in [3.8, 4) is 11.5 Å². The van der Waals surface area contributed by atoms with Crippen molar-refractivity contribution in [2.75, 3.05) is 20.3 Å². The van der Waals surface area contributed by atoms with Gasteiger partial charge in [-0.2, -0.15) is 0 Å². The van der Waals surface area contributed by atoms with Crippen LogP contribution in [-0.2, 0) is 26.3 Å². The normalized spacial score (nSPS) is 27.4. The van der Waals surface area contributed by atoms with Crippen molar-refractivity contribution >= 4 is 27.8 Å². The fourth-order valence-electron chi connectivity index (χ4n) is 4.46. The maximum Gasteiger partial charge on any atom is 0.397 e. The van der Waals surface area contributed by atoms with Gasteiger partial charge in [0.15, 0.2) is 11.5 Å². The summed E-state index contributed by atoms with van der Waals surface area (Å²) in [6, 6.07) is 1.82. The van der Waals surface area contributed by atoms with Crippen LogP contribution in [0.4, 0.5) is 0 Å². The zero-order chi connectivity index (χ0) is 20.1. The van der Waals surface area contributed by atoms with Crippen LogP contribution >= 0.6 is 15.9 Å². The molecule has 0 radical (unpaired) electrons. The molecular weight excluding hydrogens is 430 g/mol. The summed E-state index contributed by atoms with van der Waals surface area (Å²) in [5, 5.41) is 10.1. The second-order valence-electron chi connectivity index (χ2n) is 7.25. The van der Waals surface area contributed by atoms with E-state index in [1.807, 2.05) is 12.1 Å².